The minimum atomic E-state index is -2.61. The first kappa shape index (κ1) is 18.3. The van der Waals surface area contributed by atoms with E-state index in [0.29, 0.717) is 10.9 Å². The van der Waals surface area contributed by atoms with Crippen LogP contribution in [0.1, 0.15) is 17.3 Å². The Labute approximate surface area is 143 Å². The number of allylic oxidation sites excluding steroid dienone is 1. The fourth-order valence-corrected chi connectivity index (χ4v) is 2.03. The normalized spacial score (nSPS) is 11.5. The van der Waals surface area contributed by atoms with Crippen molar-refractivity contribution >= 4 is 22.6 Å². The number of pyridine rings is 1. The lowest BCUT2D eigenvalue weighted by molar-refractivity contribution is 0.0606. The lowest BCUT2D eigenvalue weighted by Crippen LogP contribution is -2.15. The zero-order valence-corrected chi connectivity index (χ0v) is 13.7. The van der Waals surface area contributed by atoms with E-state index in [2.05, 4.69) is 10.3 Å². The van der Waals surface area contributed by atoms with Gasteiger partial charge in [-0.05, 0) is 31.2 Å². The predicted molar refractivity (Wildman–Crippen MR) is 89.2 cm³/mol. The first-order valence-corrected chi connectivity index (χ1v) is 7.37. The number of aromatic nitrogens is 1. The van der Waals surface area contributed by atoms with Crippen LogP contribution in [0.4, 0.5) is 8.78 Å². The number of ether oxygens (including phenoxy) is 2. The number of hydrogen-bond acceptors (Lipinski definition) is 6. The van der Waals surface area contributed by atoms with Gasteiger partial charge in [-0.1, -0.05) is 0 Å². The molecule has 0 saturated heterocycles. The van der Waals surface area contributed by atoms with E-state index < -0.39 is 19.0 Å². The number of rotatable bonds is 7. The quantitative estimate of drug-likeness (QED) is 0.456. The Hall–Kier alpha value is -3.03. The molecule has 2 N–H and O–H groups in total. The second-order valence-corrected chi connectivity index (χ2v) is 5.07. The first-order chi connectivity index (χ1) is 11.9. The minimum absolute atomic E-state index is 0.123. The number of alkyl halides is 2. The van der Waals surface area contributed by atoms with Crippen molar-refractivity contribution in [3.63, 3.8) is 0 Å². The highest BCUT2D eigenvalue weighted by molar-refractivity contribution is 5.97. The van der Waals surface area contributed by atoms with Crippen LogP contribution in [0.15, 0.2) is 42.4 Å². The van der Waals surface area contributed by atoms with Gasteiger partial charge in [0.1, 0.15) is 12.4 Å². The number of nitrogens with one attached hydrogen (secondary N) is 2. The van der Waals surface area contributed by atoms with E-state index in [1.165, 1.54) is 30.5 Å². The van der Waals surface area contributed by atoms with Gasteiger partial charge in [0.25, 0.3) is 6.43 Å². The summed E-state index contributed by atoms with van der Waals surface area (Å²) in [6.45, 7) is 0.790. The standard InChI is InChI=1S/C17H17F2N3O3/c1-10(20)7-16(21-2)25-17(23)11-3-4-13-12(8-11)14(5-6-22-13)24-9-15(18)19/h3-8,15,20-21H,9H2,1-2H3/b16-7+,20-10?. The summed E-state index contributed by atoms with van der Waals surface area (Å²) in [5.74, 6) is -0.329. The molecule has 1 aromatic heterocycles. The summed E-state index contributed by atoms with van der Waals surface area (Å²) in [6, 6.07) is 6.01. The van der Waals surface area contributed by atoms with Gasteiger partial charge in [0, 0.05) is 30.4 Å². The molecule has 2 rings (SSSR count). The molecule has 0 spiro atoms. The van der Waals surface area contributed by atoms with E-state index in [1.807, 2.05) is 0 Å². The molecule has 25 heavy (non-hydrogen) atoms. The molecule has 0 saturated carbocycles. The number of carbonyl (C=O) groups is 1. The maximum atomic E-state index is 12.4. The van der Waals surface area contributed by atoms with Crippen LogP contribution in [0.25, 0.3) is 10.9 Å². The third kappa shape index (κ3) is 4.97. The average Bonchev–Trinajstić information content (AvgIpc) is 2.58. The fourth-order valence-electron chi connectivity index (χ4n) is 2.03. The van der Waals surface area contributed by atoms with Crippen molar-refractivity contribution in [2.24, 2.45) is 0 Å². The van der Waals surface area contributed by atoms with Crippen LogP contribution in [0, 0.1) is 5.41 Å². The summed E-state index contributed by atoms with van der Waals surface area (Å²) in [5.41, 5.74) is 0.914. The van der Waals surface area contributed by atoms with Crippen molar-refractivity contribution in [1.29, 1.82) is 5.41 Å². The predicted octanol–water partition coefficient (Wildman–Crippen LogP) is 3.14. The second-order valence-electron chi connectivity index (χ2n) is 5.07. The van der Waals surface area contributed by atoms with Crippen molar-refractivity contribution in [3.05, 3.63) is 48.0 Å². The molecule has 0 aliphatic heterocycles. The number of halogens is 2. The fraction of sp³-hybridized carbons (Fsp3) is 0.235. The molecule has 0 aliphatic rings. The van der Waals surface area contributed by atoms with E-state index in [1.54, 1.807) is 20.0 Å². The van der Waals surface area contributed by atoms with Crippen molar-refractivity contribution < 1.29 is 23.0 Å². The molecule has 0 bridgehead atoms. The van der Waals surface area contributed by atoms with E-state index in [0.717, 1.165) is 0 Å². The number of benzene rings is 1. The first-order valence-electron chi connectivity index (χ1n) is 7.37. The van der Waals surface area contributed by atoms with Gasteiger partial charge in [-0.25, -0.2) is 13.6 Å². The van der Waals surface area contributed by atoms with Gasteiger partial charge in [0.15, 0.2) is 5.88 Å². The molecule has 1 aromatic carbocycles. The van der Waals surface area contributed by atoms with Crippen molar-refractivity contribution in [2.75, 3.05) is 13.7 Å². The maximum absolute atomic E-state index is 12.4. The van der Waals surface area contributed by atoms with Crippen LogP contribution in [-0.4, -0.2) is 36.7 Å². The third-order valence-electron chi connectivity index (χ3n) is 3.10. The molecule has 6 nitrogen and oxygen atoms in total. The second kappa shape index (κ2) is 8.18. The summed E-state index contributed by atoms with van der Waals surface area (Å²) < 4.78 is 35.0. The van der Waals surface area contributed by atoms with Crippen molar-refractivity contribution in [1.82, 2.24) is 10.3 Å². The highest BCUT2D eigenvalue weighted by Gasteiger charge is 2.13. The summed E-state index contributed by atoms with van der Waals surface area (Å²) in [7, 11) is 1.56. The van der Waals surface area contributed by atoms with Crippen molar-refractivity contribution in [3.8, 4) is 5.75 Å². The number of esters is 1. The van der Waals surface area contributed by atoms with E-state index in [-0.39, 0.29) is 22.9 Å². The largest absolute Gasteiger partial charge is 0.487 e. The molecule has 0 fully saturated rings. The molecular formula is C17H17F2N3O3. The SMILES string of the molecule is CN/C(=C\C(C)=N)OC(=O)c1ccc2nccc(OCC(F)F)c2c1. The van der Waals surface area contributed by atoms with Crippen LogP contribution in [-0.2, 0) is 4.74 Å². The highest BCUT2D eigenvalue weighted by atomic mass is 19.3. The van der Waals surface area contributed by atoms with Gasteiger partial charge in [0.2, 0.25) is 0 Å². The highest BCUT2D eigenvalue weighted by Crippen LogP contribution is 2.25. The van der Waals surface area contributed by atoms with Crippen LogP contribution in [0.3, 0.4) is 0 Å². The molecule has 2 aromatic rings. The zero-order valence-electron chi connectivity index (χ0n) is 13.7. The molecule has 132 valence electrons. The van der Waals surface area contributed by atoms with E-state index in [4.69, 9.17) is 14.9 Å². The summed E-state index contributed by atoms with van der Waals surface area (Å²) in [6.07, 6.45) is 0.192. The number of hydrogen-bond donors (Lipinski definition) is 2. The zero-order chi connectivity index (χ0) is 18.4. The molecule has 8 heteroatoms. The Morgan fingerprint density at radius 1 is 1.40 bits per heavy atom. The Morgan fingerprint density at radius 2 is 2.16 bits per heavy atom. The Kier molecular flexibility index (Phi) is 5.99. The number of nitrogens with zero attached hydrogens (tertiary/aromatic N) is 1. The summed E-state index contributed by atoms with van der Waals surface area (Å²) >= 11 is 0. The minimum Gasteiger partial charge on any atom is -0.487 e. The monoisotopic (exact) mass is 349 g/mol. The number of carbonyl (C=O) groups excluding carboxylic acids is 1. The Morgan fingerprint density at radius 3 is 2.80 bits per heavy atom. The van der Waals surface area contributed by atoms with Gasteiger partial charge in [0.05, 0.1) is 11.1 Å². The van der Waals surface area contributed by atoms with Crippen LogP contribution in [0.5, 0.6) is 5.75 Å². The summed E-state index contributed by atoms with van der Waals surface area (Å²) in [4.78, 5) is 16.4. The molecule has 0 atom stereocenters. The number of fused-ring (bicyclic) bond motifs is 1. The molecular weight excluding hydrogens is 332 g/mol. The topological polar surface area (TPSA) is 84.3 Å². The molecule has 0 aliphatic carbocycles. The average molecular weight is 349 g/mol. The van der Waals surface area contributed by atoms with Gasteiger partial charge in [-0.15, -0.1) is 0 Å². The van der Waals surface area contributed by atoms with Gasteiger partial charge >= 0.3 is 5.97 Å². The smallest absolute Gasteiger partial charge is 0.344 e. The Balaban J connectivity index is 2.31. The van der Waals surface area contributed by atoms with Crippen LogP contribution < -0.4 is 10.1 Å². The van der Waals surface area contributed by atoms with Crippen LogP contribution >= 0.6 is 0 Å². The molecule has 0 radical (unpaired) electrons. The van der Waals surface area contributed by atoms with Crippen LogP contribution in [0.2, 0.25) is 0 Å². The van der Waals surface area contributed by atoms with Gasteiger partial charge in [-0.2, -0.15) is 0 Å². The van der Waals surface area contributed by atoms with Gasteiger partial charge < -0.3 is 20.2 Å². The molecule has 0 amide bonds. The Bertz CT molecular complexity index is 822. The lowest BCUT2D eigenvalue weighted by atomic mass is 10.1. The van der Waals surface area contributed by atoms with Crippen molar-refractivity contribution in [2.45, 2.75) is 13.3 Å². The third-order valence-corrected chi connectivity index (χ3v) is 3.10. The molecule has 1 heterocycles. The molecule has 0 unspecified atom stereocenters. The van der Waals surface area contributed by atoms with E-state index >= 15 is 0 Å². The van der Waals surface area contributed by atoms with Gasteiger partial charge in [-0.3, -0.25) is 4.98 Å². The van der Waals surface area contributed by atoms with E-state index in [9.17, 15) is 13.6 Å². The lowest BCUT2D eigenvalue weighted by Gasteiger charge is -2.11. The summed E-state index contributed by atoms with van der Waals surface area (Å²) in [5, 5.41) is 10.5. The maximum Gasteiger partial charge on any atom is 0.344 e.